The van der Waals surface area contributed by atoms with E-state index in [0.717, 1.165) is 15.7 Å². The largest absolute Gasteiger partial charge is 0.465 e. The van der Waals surface area contributed by atoms with Crippen molar-refractivity contribution >= 4 is 28.9 Å². The number of esters is 1. The number of hydrogen-bond acceptors (Lipinski definition) is 6. The zero-order valence-corrected chi connectivity index (χ0v) is 17.1. The van der Waals surface area contributed by atoms with E-state index in [1.807, 2.05) is 31.2 Å². The van der Waals surface area contributed by atoms with Gasteiger partial charge in [0.1, 0.15) is 0 Å². The summed E-state index contributed by atoms with van der Waals surface area (Å²) in [6.07, 6.45) is 0. The molecule has 0 saturated heterocycles. The summed E-state index contributed by atoms with van der Waals surface area (Å²) in [4.78, 5) is 41.3. The number of aryl methyl sites for hydroxylation is 2. The van der Waals surface area contributed by atoms with Gasteiger partial charge >= 0.3 is 11.7 Å². The van der Waals surface area contributed by atoms with Crippen molar-refractivity contribution in [2.24, 2.45) is 14.1 Å². The van der Waals surface area contributed by atoms with Gasteiger partial charge in [-0.1, -0.05) is 41.6 Å². The number of rotatable bonds is 6. The van der Waals surface area contributed by atoms with Crippen LogP contribution in [0, 0.1) is 6.92 Å². The van der Waals surface area contributed by atoms with E-state index in [9.17, 15) is 14.4 Å². The number of nitrogens with zero attached hydrogens (tertiary/aromatic N) is 4. The van der Waals surface area contributed by atoms with Crippen LogP contribution in [-0.4, -0.2) is 37.0 Å². The van der Waals surface area contributed by atoms with Gasteiger partial charge in [-0.05, 0) is 19.4 Å². The van der Waals surface area contributed by atoms with Gasteiger partial charge < -0.3 is 9.30 Å². The van der Waals surface area contributed by atoms with E-state index < -0.39 is 11.2 Å². The second-order valence-corrected chi connectivity index (χ2v) is 7.38. The summed E-state index contributed by atoms with van der Waals surface area (Å²) < 4.78 is 9.14. The maximum absolute atomic E-state index is 12.8. The van der Waals surface area contributed by atoms with Crippen molar-refractivity contribution in [1.29, 1.82) is 0 Å². The molecule has 28 heavy (non-hydrogen) atoms. The summed E-state index contributed by atoms with van der Waals surface area (Å²) in [6, 6.07) is 7.95. The first kappa shape index (κ1) is 19.9. The van der Waals surface area contributed by atoms with Gasteiger partial charge in [0.25, 0.3) is 5.56 Å². The molecule has 148 valence electrons. The Morgan fingerprint density at radius 1 is 1.14 bits per heavy atom. The first-order chi connectivity index (χ1) is 13.3. The number of benzene rings is 1. The third-order valence-electron chi connectivity index (χ3n) is 4.40. The minimum absolute atomic E-state index is 0.0688. The SMILES string of the molecule is CCOC(=O)CSc1nc2c(c(=O)n(C)c(=O)n2C)n1Cc1ccc(C)cc1. The molecule has 0 amide bonds. The van der Waals surface area contributed by atoms with E-state index in [-0.39, 0.29) is 11.7 Å². The Bertz CT molecular complexity index is 1140. The molecule has 8 nitrogen and oxygen atoms in total. The highest BCUT2D eigenvalue weighted by Gasteiger charge is 2.20. The molecule has 0 N–H and O–H groups in total. The Balaban J connectivity index is 2.14. The van der Waals surface area contributed by atoms with Crippen molar-refractivity contribution in [2.45, 2.75) is 25.5 Å². The summed E-state index contributed by atoms with van der Waals surface area (Å²) in [5.74, 6) is -0.289. The molecule has 3 rings (SSSR count). The van der Waals surface area contributed by atoms with E-state index in [1.54, 1.807) is 18.5 Å². The number of imidazole rings is 1. The lowest BCUT2D eigenvalue weighted by Crippen LogP contribution is -2.37. The van der Waals surface area contributed by atoms with Crippen molar-refractivity contribution in [3.63, 3.8) is 0 Å². The molecular weight excluding hydrogens is 380 g/mol. The molecule has 0 unspecified atom stereocenters. The van der Waals surface area contributed by atoms with Crippen molar-refractivity contribution < 1.29 is 9.53 Å². The number of carbonyl (C=O) groups is 1. The lowest BCUT2D eigenvalue weighted by molar-refractivity contribution is -0.139. The molecule has 0 atom stereocenters. The molecule has 0 fully saturated rings. The highest BCUT2D eigenvalue weighted by Crippen LogP contribution is 2.23. The lowest BCUT2D eigenvalue weighted by atomic mass is 10.1. The van der Waals surface area contributed by atoms with E-state index in [4.69, 9.17) is 4.74 Å². The van der Waals surface area contributed by atoms with Crippen LogP contribution in [0.25, 0.3) is 11.2 Å². The van der Waals surface area contributed by atoms with Gasteiger partial charge in [-0.3, -0.25) is 18.7 Å². The predicted molar refractivity (Wildman–Crippen MR) is 108 cm³/mol. The minimum Gasteiger partial charge on any atom is -0.465 e. The fourth-order valence-electron chi connectivity index (χ4n) is 2.89. The molecule has 2 aromatic heterocycles. The molecule has 0 spiro atoms. The number of fused-ring (bicyclic) bond motifs is 1. The summed E-state index contributed by atoms with van der Waals surface area (Å²) in [6.45, 7) is 4.45. The van der Waals surface area contributed by atoms with Gasteiger partial charge in [0.05, 0.1) is 18.9 Å². The fourth-order valence-corrected chi connectivity index (χ4v) is 3.68. The average Bonchev–Trinajstić information content (AvgIpc) is 3.03. The van der Waals surface area contributed by atoms with Crippen molar-refractivity contribution in [1.82, 2.24) is 18.7 Å². The van der Waals surface area contributed by atoms with Crippen LogP contribution in [0.1, 0.15) is 18.1 Å². The van der Waals surface area contributed by atoms with Crippen LogP contribution in [0.4, 0.5) is 0 Å². The van der Waals surface area contributed by atoms with Gasteiger partial charge in [-0.2, -0.15) is 0 Å². The summed E-state index contributed by atoms with van der Waals surface area (Å²) in [5.41, 5.74) is 1.89. The molecular formula is C19H22N4O4S. The lowest BCUT2D eigenvalue weighted by Gasteiger charge is -2.10. The number of hydrogen-bond donors (Lipinski definition) is 0. The standard InChI is InChI=1S/C19H22N4O4S/c1-5-27-14(24)11-28-18-20-16-15(17(25)22(4)19(26)21(16)3)23(18)10-13-8-6-12(2)7-9-13/h6-9H,5,10-11H2,1-4H3. The quantitative estimate of drug-likeness (QED) is 0.458. The van der Waals surface area contributed by atoms with Crippen LogP contribution in [0.3, 0.4) is 0 Å². The second kappa shape index (κ2) is 8.05. The van der Waals surface area contributed by atoms with E-state index >= 15 is 0 Å². The Morgan fingerprint density at radius 2 is 1.82 bits per heavy atom. The summed E-state index contributed by atoms with van der Waals surface area (Å²) in [7, 11) is 3.02. The van der Waals surface area contributed by atoms with Crippen LogP contribution in [0.15, 0.2) is 39.0 Å². The number of thioether (sulfide) groups is 1. The highest BCUT2D eigenvalue weighted by atomic mass is 32.2. The van der Waals surface area contributed by atoms with Crippen LogP contribution in [0.2, 0.25) is 0 Å². The topological polar surface area (TPSA) is 88.1 Å². The molecule has 1 aromatic carbocycles. The minimum atomic E-state index is -0.445. The van der Waals surface area contributed by atoms with Gasteiger partial charge in [0, 0.05) is 14.1 Å². The van der Waals surface area contributed by atoms with Crippen LogP contribution in [0.5, 0.6) is 0 Å². The highest BCUT2D eigenvalue weighted by molar-refractivity contribution is 7.99. The monoisotopic (exact) mass is 402 g/mol. The van der Waals surface area contributed by atoms with Crippen molar-refractivity contribution in [2.75, 3.05) is 12.4 Å². The average molecular weight is 402 g/mol. The summed E-state index contributed by atoms with van der Waals surface area (Å²) in [5, 5.41) is 0.488. The second-order valence-electron chi connectivity index (χ2n) is 6.44. The molecule has 0 aliphatic heterocycles. The molecule has 2 heterocycles. The Kier molecular flexibility index (Phi) is 5.73. The van der Waals surface area contributed by atoms with E-state index in [1.165, 1.54) is 23.4 Å². The molecule has 0 aliphatic carbocycles. The fraction of sp³-hybridized carbons (Fsp3) is 0.368. The third-order valence-corrected chi connectivity index (χ3v) is 5.35. The van der Waals surface area contributed by atoms with Crippen LogP contribution >= 0.6 is 11.8 Å². The Hall–Kier alpha value is -2.81. The third kappa shape index (κ3) is 3.75. The van der Waals surface area contributed by atoms with Crippen LogP contribution in [-0.2, 0) is 30.2 Å². The van der Waals surface area contributed by atoms with Gasteiger partial charge in [-0.15, -0.1) is 0 Å². The maximum Gasteiger partial charge on any atom is 0.332 e. The molecule has 0 radical (unpaired) electrons. The molecule has 0 aliphatic rings. The van der Waals surface area contributed by atoms with Gasteiger partial charge in [0.2, 0.25) is 0 Å². The van der Waals surface area contributed by atoms with Crippen molar-refractivity contribution in [3.05, 3.63) is 56.2 Å². The number of carbonyl (C=O) groups excluding carboxylic acids is 1. The van der Waals surface area contributed by atoms with Crippen molar-refractivity contribution in [3.8, 4) is 0 Å². The first-order valence-electron chi connectivity index (χ1n) is 8.83. The zero-order chi connectivity index (χ0) is 20.4. The van der Waals surface area contributed by atoms with E-state index in [2.05, 4.69) is 4.98 Å². The zero-order valence-electron chi connectivity index (χ0n) is 16.3. The normalized spacial score (nSPS) is 11.1. The summed E-state index contributed by atoms with van der Waals surface area (Å²) >= 11 is 1.19. The maximum atomic E-state index is 12.8. The number of aromatic nitrogens is 4. The molecule has 0 saturated carbocycles. The van der Waals surface area contributed by atoms with Crippen LogP contribution < -0.4 is 11.2 Å². The number of ether oxygens (including phenoxy) is 1. The Labute approximate surface area is 165 Å². The van der Waals surface area contributed by atoms with Gasteiger partial charge in [0.15, 0.2) is 16.3 Å². The molecule has 0 bridgehead atoms. The predicted octanol–water partition coefficient (Wildman–Crippen LogP) is 1.45. The molecule has 9 heteroatoms. The van der Waals surface area contributed by atoms with E-state index in [0.29, 0.717) is 29.5 Å². The smallest absolute Gasteiger partial charge is 0.332 e. The molecule has 3 aromatic rings. The van der Waals surface area contributed by atoms with Gasteiger partial charge in [-0.25, -0.2) is 9.78 Å². The Morgan fingerprint density at radius 3 is 2.46 bits per heavy atom. The first-order valence-corrected chi connectivity index (χ1v) is 9.82.